The molecule has 2 aromatic heterocycles. The minimum atomic E-state index is -0.166. The van der Waals surface area contributed by atoms with Gasteiger partial charge in [-0.15, -0.1) is 0 Å². The van der Waals surface area contributed by atoms with Crippen LogP contribution in [0.5, 0.6) is 11.5 Å². The van der Waals surface area contributed by atoms with Gasteiger partial charge in [0.05, 0.1) is 17.0 Å². The maximum absolute atomic E-state index is 6.22. The lowest BCUT2D eigenvalue weighted by atomic mass is 9.99. The molecule has 0 aliphatic rings. The summed E-state index contributed by atoms with van der Waals surface area (Å²) in [7, 11) is 0. The first-order valence-corrected chi connectivity index (χ1v) is 9.49. The van der Waals surface area contributed by atoms with E-state index in [1.807, 2.05) is 67.6 Å². The lowest BCUT2D eigenvalue weighted by Gasteiger charge is -2.13. The van der Waals surface area contributed by atoms with E-state index in [2.05, 4.69) is 15.0 Å². The zero-order valence-corrected chi connectivity index (χ0v) is 16.5. The number of rotatable bonds is 5. The Morgan fingerprint density at radius 2 is 1.57 bits per heavy atom. The van der Waals surface area contributed by atoms with E-state index in [9.17, 15) is 0 Å². The van der Waals surface area contributed by atoms with E-state index in [0.717, 1.165) is 22.4 Å². The topological polar surface area (TPSA) is 126 Å². The van der Waals surface area contributed by atoms with Crippen LogP contribution >= 0.6 is 0 Å². The SMILES string of the molecule is CC(N)c1cc(Oc2ccc(-c3c(N)nc(N)nc3-c3ccccc3)cc2)ccn1. The minimum absolute atomic E-state index is 0.137. The molecule has 1 unspecified atom stereocenters. The predicted octanol–water partition coefficient (Wildman–Crippen LogP) is 4.18. The number of nitrogen functional groups attached to an aromatic ring is 2. The summed E-state index contributed by atoms with van der Waals surface area (Å²) in [6.45, 7) is 1.88. The third kappa shape index (κ3) is 4.06. The van der Waals surface area contributed by atoms with Crippen molar-refractivity contribution in [2.24, 2.45) is 5.73 Å². The van der Waals surface area contributed by atoms with E-state index in [1.165, 1.54) is 0 Å². The fraction of sp³-hybridized carbons (Fsp3) is 0.0870. The fourth-order valence-electron chi connectivity index (χ4n) is 3.15. The predicted molar refractivity (Wildman–Crippen MR) is 119 cm³/mol. The maximum atomic E-state index is 6.22. The van der Waals surface area contributed by atoms with Gasteiger partial charge in [-0.05, 0) is 30.7 Å². The molecule has 0 spiro atoms. The Labute approximate surface area is 174 Å². The van der Waals surface area contributed by atoms with Gasteiger partial charge in [0.1, 0.15) is 17.3 Å². The van der Waals surface area contributed by atoms with Gasteiger partial charge in [-0.25, -0.2) is 4.98 Å². The van der Waals surface area contributed by atoms with Gasteiger partial charge in [0.15, 0.2) is 0 Å². The molecule has 0 amide bonds. The first-order chi connectivity index (χ1) is 14.5. The van der Waals surface area contributed by atoms with E-state index in [0.29, 0.717) is 23.0 Å². The monoisotopic (exact) mass is 398 g/mol. The van der Waals surface area contributed by atoms with E-state index in [1.54, 1.807) is 12.3 Å². The molecular weight excluding hydrogens is 376 g/mol. The summed E-state index contributed by atoms with van der Waals surface area (Å²) in [5.41, 5.74) is 21.9. The molecule has 4 rings (SSSR count). The zero-order valence-electron chi connectivity index (χ0n) is 16.5. The zero-order chi connectivity index (χ0) is 21.1. The van der Waals surface area contributed by atoms with Crippen molar-refractivity contribution in [1.29, 1.82) is 0 Å². The molecule has 150 valence electrons. The number of hydrogen-bond acceptors (Lipinski definition) is 7. The van der Waals surface area contributed by atoms with Crippen molar-refractivity contribution in [2.45, 2.75) is 13.0 Å². The van der Waals surface area contributed by atoms with Crippen molar-refractivity contribution in [3.63, 3.8) is 0 Å². The number of pyridine rings is 1. The molecule has 6 N–H and O–H groups in total. The van der Waals surface area contributed by atoms with Crippen LogP contribution in [-0.2, 0) is 0 Å². The highest BCUT2D eigenvalue weighted by Crippen LogP contribution is 2.36. The standard InChI is InChI=1S/C23H22N6O/c1-14(24)19-13-18(11-12-27-19)30-17-9-7-15(8-10-17)20-21(16-5-3-2-4-6-16)28-23(26)29-22(20)25/h2-14H,24H2,1H3,(H4,25,26,28,29). The van der Waals surface area contributed by atoms with Crippen molar-refractivity contribution in [3.8, 4) is 33.9 Å². The van der Waals surface area contributed by atoms with Gasteiger partial charge in [0.2, 0.25) is 5.95 Å². The van der Waals surface area contributed by atoms with E-state index < -0.39 is 0 Å². The van der Waals surface area contributed by atoms with E-state index >= 15 is 0 Å². The summed E-state index contributed by atoms with van der Waals surface area (Å²) in [6, 6.07) is 20.8. The molecule has 4 aromatic rings. The molecule has 2 aromatic carbocycles. The van der Waals surface area contributed by atoms with Gasteiger partial charge in [-0.2, -0.15) is 4.98 Å². The highest BCUT2D eigenvalue weighted by atomic mass is 16.5. The van der Waals surface area contributed by atoms with Gasteiger partial charge in [-0.1, -0.05) is 42.5 Å². The Bertz CT molecular complexity index is 1160. The lowest BCUT2D eigenvalue weighted by Crippen LogP contribution is -2.06. The van der Waals surface area contributed by atoms with Crippen LogP contribution < -0.4 is 21.9 Å². The molecule has 0 saturated carbocycles. The number of nitrogens with two attached hydrogens (primary N) is 3. The molecule has 0 bridgehead atoms. The summed E-state index contributed by atoms with van der Waals surface area (Å²) in [5, 5.41) is 0. The van der Waals surface area contributed by atoms with Crippen LogP contribution in [0.3, 0.4) is 0 Å². The normalized spacial score (nSPS) is 11.8. The Morgan fingerprint density at radius 1 is 0.833 bits per heavy atom. The molecule has 7 heteroatoms. The van der Waals surface area contributed by atoms with Crippen LogP contribution in [-0.4, -0.2) is 15.0 Å². The molecule has 0 radical (unpaired) electrons. The summed E-state index contributed by atoms with van der Waals surface area (Å²) < 4.78 is 5.95. The third-order valence-electron chi connectivity index (χ3n) is 4.60. The number of aromatic nitrogens is 3. The van der Waals surface area contributed by atoms with E-state index in [4.69, 9.17) is 21.9 Å². The highest BCUT2D eigenvalue weighted by Gasteiger charge is 2.15. The summed E-state index contributed by atoms with van der Waals surface area (Å²) in [4.78, 5) is 12.8. The Balaban J connectivity index is 1.68. The smallest absolute Gasteiger partial charge is 0.222 e. The largest absolute Gasteiger partial charge is 0.457 e. The van der Waals surface area contributed by atoms with Gasteiger partial charge in [0.25, 0.3) is 0 Å². The average Bonchev–Trinajstić information content (AvgIpc) is 2.75. The second kappa shape index (κ2) is 8.18. The van der Waals surface area contributed by atoms with Crippen molar-refractivity contribution in [3.05, 3.63) is 78.6 Å². The van der Waals surface area contributed by atoms with Crippen LogP contribution in [0.2, 0.25) is 0 Å². The van der Waals surface area contributed by atoms with Crippen molar-refractivity contribution in [2.75, 3.05) is 11.5 Å². The first-order valence-electron chi connectivity index (χ1n) is 9.49. The van der Waals surface area contributed by atoms with Gasteiger partial charge < -0.3 is 21.9 Å². The number of nitrogens with zero attached hydrogens (tertiary/aromatic N) is 3. The van der Waals surface area contributed by atoms with Crippen molar-refractivity contribution in [1.82, 2.24) is 15.0 Å². The summed E-state index contributed by atoms with van der Waals surface area (Å²) >= 11 is 0. The summed E-state index contributed by atoms with van der Waals surface area (Å²) in [6.07, 6.45) is 1.68. The number of ether oxygens (including phenoxy) is 1. The molecular formula is C23H22N6O. The highest BCUT2D eigenvalue weighted by molar-refractivity contribution is 5.88. The Kier molecular flexibility index (Phi) is 5.28. The summed E-state index contributed by atoms with van der Waals surface area (Å²) in [5.74, 6) is 1.81. The molecule has 0 saturated heterocycles. The number of hydrogen-bond donors (Lipinski definition) is 3. The quantitative estimate of drug-likeness (QED) is 0.460. The van der Waals surface area contributed by atoms with Gasteiger partial charge in [0, 0.05) is 23.9 Å². The van der Waals surface area contributed by atoms with Crippen LogP contribution in [0.25, 0.3) is 22.4 Å². The van der Waals surface area contributed by atoms with E-state index in [-0.39, 0.29) is 12.0 Å². The van der Waals surface area contributed by atoms with Gasteiger partial charge in [-0.3, -0.25) is 4.98 Å². The van der Waals surface area contributed by atoms with Crippen LogP contribution in [0.4, 0.5) is 11.8 Å². The third-order valence-corrected chi connectivity index (χ3v) is 4.60. The molecule has 0 aliphatic heterocycles. The maximum Gasteiger partial charge on any atom is 0.222 e. The second-order valence-electron chi connectivity index (χ2n) is 6.89. The molecule has 2 heterocycles. The molecule has 1 atom stereocenters. The number of benzene rings is 2. The second-order valence-corrected chi connectivity index (χ2v) is 6.89. The van der Waals surface area contributed by atoms with Crippen LogP contribution in [0, 0.1) is 0 Å². The first kappa shape index (κ1) is 19.4. The lowest BCUT2D eigenvalue weighted by molar-refractivity contribution is 0.480. The van der Waals surface area contributed by atoms with Crippen LogP contribution in [0.1, 0.15) is 18.7 Å². The molecule has 30 heavy (non-hydrogen) atoms. The molecule has 0 aliphatic carbocycles. The van der Waals surface area contributed by atoms with Crippen LogP contribution in [0.15, 0.2) is 72.9 Å². The van der Waals surface area contributed by atoms with Gasteiger partial charge >= 0.3 is 0 Å². The van der Waals surface area contributed by atoms with Crippen molar-refractivity contribution >= 4 is 11.8 Å². The average molecular weight is 398 g/mol. The number of anilines is 2. The minimum Gasteiger partial charge on any atom is -0.457 e. The Morgan fingerprint density at radius 3 is 2.27 bits per heavy atom. The van der Waals surface area contributed by atoms with Crippen molar-refractivity contribution < 1.29 is 4.74 Å². The molecule has 7 nitrogen and oxygen atoms in total. The fourth-order valence-corrected chi connectivity index (χ4v) is 3.15. The Hall–Kier alpha value is -3.97. The molecule has 0 fully saturated rings.